The van der Waals surface area contributed by atoms with Gasteiger partial charge in [0.15, 0.2) is 5.13 Å². The average Bonchev–Trinajstić information content (AvgIpc) is 2.95. The molecule has 0 saturated carbocycles. The molecule has 2 N–H and O–H groups in total. The van der Waals surface area contributed by atoms with Gasteiger partial charge in [-0.3, -0.25) is 5.32 Å². The van der Waals surface area contributed by atoms with Crippen LogP contribution in [-0.2, 0) is 0 Å². The highest BCUT2D eigenvalue weighted by Gasteiger charge is 2.07. The summed E-state index contributed by atoms with van der Waals surface area (Å²) >= 11 is 1.47. The predicted octanol–water partition coefficient (Wildman–Crippen LogP) is 4.92. The van der Waals surface area contributed by atoms with Crippen LogP contribution in [-0.4, -0.2) is 17.6 Å². The predicted molar refractivity (Wildman–Crippen MR) is 102 cm³/mol. The van der Waals surface area contributed by atoms with Gasteiger partial charge in [-0.2, -0.15) is 0 Å². The lowest BCUT2D eigenvalue weighted by atomic mass is 10.1. The van der Waals surface area contributed by atoms with E-state index in [-0.39, 0.29) is 6.03 Å². The zero-order valence-electron chi connectivity index (χ0n) is 13.7. The Bertz CT molecular complexity index is 881. The highest BCUT2D eigenvalue weighted by atomic mass is 32.1. The van der Waals surface area contributed by atoms with Gasteiger partial charge in [0.25, 0.3) is 0 Å². The molecule has 0 bridgehead atoms. The molecule has 2 amide bonds. The summed E-state index contributed by atoms with van der Waals surface area (Å²) in [6, 6.07) is 14.3. The molecule has 0 aliphatic rings. The normalized spacial score (nSPS) is 11.1. The molecule has 0 atom stereocenters. The third-order valence-corrected chi connectivity index (χ3v) is 4.45. The number of benzene rings is 2. The highest BCUT2D eigenvalue weighted by molar-refractivity contribution is 7.22. The summed E-state index contributed by atoms with van der Waals surface area (Å²) in [6.45, 7) is 4.55. The van der Waals surface area contributed by atoms with Crippen molar-refractivity contribution in [3.63, 3.8) is 0 Å². The number of aryl methyl sites for hydroxylation is 1. The van der Waals surface area contributed by atoms with Crippen LogP contribution in [0.15, 0.2) is 42.5 Å². The van der Waals surface area contributed by atoms with Crippen LogP contribution in [0, 0.1) is 6.92 Å². The summed E-state index contributed by atoms with van der Waals surface area (Å²) < 4.78 is 1.05. The van der Waals surface area contributed by atoms with Crippen molar-refractivity contribution < 1.29 is 4.79 Å². The van der Waals surface area contributed by atoms with E-state index in [1.807, 2.05) is 19.1 Å². The molecule has 5 heteroatoms. The number of nitrogens with one attached hydrogen (secondary N) is 2. The molecule has 0 aliphatic carbocycles. The molecule has 1 aromatic heterocycles. The van der Waals surface area contributed by atoms with Gasteiger partial charge in [-0.15, -0.1) is 0 Å². The van der Waals surface area contributed by atoms with Crippen molar-refractivity contribution in [1.29, 1.82) is 0 Å². The zero-order chi connectivity index (χ0) is 16.9. The van der Waals surface area contributed by atoms with Crippen molar-refractivity contribution in [1.82, 2.24) is 10.3 Å². The van der Waals surface area contributed by atoms with Crippen LogP contribution in [0.5, 0.6) is 0 Å². The lowest BCUT2D eigenvalue weighted by Crippen LogP contribution is -2.28. The van der Waals surface area contributed by atoms with Crippen LogP contribution < -0.4 is 10.6 Å². The Kier molecular flexibility index (Phi) is 4.91. The van der Waals surface area contributed by atoms with Gasteiger partial charge < -0.3 is 5.32 Å². The van der Waals surface area contributed by atoms with E-state index in [1.165, 1.54) is 22.5 Å². The molecule has 4 nitrogen and oxygen atoms in total. The number of rotatable bonds is 4. The third kappa shape index (κ3) is 4.00. The molecule has 0 spiro atoms. The second-order valence-electron chi connectivity index (χ2n) is 5.47. The molecule has 122 valence electrons. The van der Waals surface area contributed by atoms with E-state index in [4.69, 9.17) is 0 Å². The van der Waals surface area contributed by atoms with E-state index in [0.717, 1.165) is 15.8 Å². The average molecular weight is 337 g/mol. The molecular weight excluding hydrogens is 318 g/mol. The minimum absolute atomic E-state index is 0.226. The van der Waals surface area contributed by atoms with E-state index < -0.39 is 0 Å². The molecule has 3 aromatic rings. The second kappa shape index (κ2) is 7.27. The summed E-state index contributed by atoms with van der Waals surface area (Å²) in [6.07, 6.45) is 4.18. The monoisotopic (exact) mass is 337 g/mol. The van der Waals surface area contributed by atoms with E-state index in [2.05, 4.69) is 65.0 Å². The molecule has 3 rings (SSSR count). The Labute approximate surface area is 145 Å². The number of carbonyl (C=O) groups excluding carboxylic acids is 1. The number of nitrogens with zero attached hydrogens (tertiary/aromatic N) is 1. The molecule has 0 saturated heterocycles. The van der Waals surface area contributed by atoms with Gasteiger partial charge in [0, 0.05) is 6.54 Å². The number of amides is 2. The molecule has 0 aliphatic heterocycles. The Hall–Kier alpha value is -2.66. The maximum Gasteiger partial charge on any atom is 0.321 e. The molecule has 0 unspecified atom stereocenters. The quantitative estimate of drug-likeness (QED) is 0.664. The smallest absolute Gasteiger partial charge is 0.321 e. The van der Waals surface area contributed by atoms with Crippen LogP contribution in [0.1, 0.15) is 23.6 Å². The van der Waals surface area contributed by atoms with Gasteiger partial charge in [-0.25, -0.2) is 9.78 Å². The summed E-state index contributed by atoms with van der Waals surface area (Å²) in [5, 5.41) is 6.06. The van der Waals surface area contributed by atoms with Gasteiger partial charge in [0.05, 0.1) is 10.2 Å². The minimum Gasteiger partial charge on any atom is -0.338 e. The molecule has 0 radical (unpaired) electrons. The van der Waals surface area contributed by atoms with Crippen LogP contribution in [0.3, 0.4) is 0 Å². The number of carbonyl (C=O) groups is 1. The standard InChI is InChI=1S/C19H19N3OS/c1-3-20-18(23)22-19-21-16-11-10-15(12-17(16)24-19)9-8-14-6-4-13(2)5-7-14/h4-12H,3H2,1-2H3,(H2,20,21,22,23)/b9-8+. The summed E-state index contributed by atoms with van der Waals surface area (Å²) in [7, 11) is 0. The van der Waals surface area contributed by atoms with E-state index in [0.29, 0.717) is 11.7 Å². The maximum atomic E-state index is 11.6. The minimum atomic E-state index is -0.226. The number of urea groups is 1. The lowest BCUT2D eigenvalue weighted by molar-refractivity contribution is 0.252. The summed E-state index contributed by atoms with van der Waals surface area (Å²) in [5.41, 5.74) is 4.42. The van der Waals surface area contributed by atoms with Crippen LogP contribution in [0.2, 0.25) is 0 Å². The summed E-state index contributed by atoms with van der Waals surface area (Å²) in [5.74, 6) is 0. The van der Waals surface area contributed by atoms with Crippen LogP contribution in [0.4, 0.5) is 9.93 Å². The largest absolute Gasteiger partial charge is 0.338 e. The Morgan fingerprint density at radius 1 is 1.12 bits per heavy atom. The first-order valence-corrected chi connectivity index (χ1v) is 8.66. The zero-order valence-corrected chi connectivity index (χ0v) is 14.5. The van der Waals surface area contributed by atoms with Gasteiger partial charge in [-0.05, 0) is 37.1 Å². The number of hydrogen-bond acceptors (Lipinski definition) is 3. The van der Waals surface area contributed by atoms with Gasteiger partial charge in [0.1, 0.15) is 0 Å². The van der Waals surface area contributed by atoms with Gasteiger partial charge in [0.2, 0.25) is 0 Å². The fourth-order valence-corrected chi connectivity index (χ4v) is 3.18. The van der Waals surface area contributed by atoms with Crippen molar-refractivity contribution in [2.24, 2.45) is 0 Å². The van der Waals surface area contributed by atoms with Gasteiger partial charge in [-0.1, -0.05) is 59.4 Å². The first-order chi connectivity index (χ1) is 11.6. The van der Waals surface area contributed by atoms with Crippen molar-refractivity contribution in [3.8, 4) is 0 Å². The number of anilines is 1. The maximum absolute atomic E-state index is 11.6. The number of hydrogen-bond donors (Lipinski definition) is 2. The van der Waals surface area contributed by atoms with Gasteiger partial charge >= 0.3 is 6.03 Å². The topological polar surface area (TPSA) is 54.0 Å². The third-order valence-electron chi connectivity index (χ3n) is 3.52. The SMILES string of the molecule is CCNC(=O)Nc1nc2ccc(/C=C/c3ccc(C)cc3)cc2s1. The molecule has 1 heterocycles. The Morgan fingerprint density at radius 3 is 2.58 bits per heavy atom. The van der Waals surface area contributed by atoms with Crippen molar-refractivity contribution >= 4 is 44.9 Å². The van der Waals surface area contributed by atoms with E-state index in [1.54, 1.807) is 0 Å². The lowest BCUT2D eigenvalue weighted by Gasteiger charge is -2.00. The first-order valence-electron chi connectivity index (χ1n) is 7.84. The molecule has 24 heavy (non-hydrogen) atoms. The number of aromatic nitrogens is 1. The molecule has 0 fully saturated rings. The first kappa shape index (κ1) is 16.2. The Balaban J connectivity index is 1.78. The fourth-order valence-electron chi connectivity index (χ4n) is 2.27. The second-order valence-corrected chi connectivity index (χ2v) is 6.51. The fraction of sp³-hybridized carbons (Fsp3) is 0.158. The summed E-state index contributed by atoms with van der Waals surface area (Å²) in [4.78, 5) is 16.0. The van der Waals surface area contributed by atoms with E-state index in [9.17, 15) is 4.79 Å². The van der Waals surface area contributed by atoms with Crippen molar-refractivity contribution in [3.05, 3.63) is 59.2 Å². The van der Waals surface area contributed by atoms with Crippen molar-refractivity contribution in [2.75, 3.05) is 11.9 Å². The molecular formula is C19H19N3OS. The number of thiazole rings is 1. The van der Waals surface area contributed by atoms with Crippen molar-refractivity contribution in [2.45, 2.75) is 13.8 Å². The Morgan fingerprint density at radius 2 is 1.83 bits per heavy atom. The molecule has 2 aromatic carbocycles. The highest BCUT2D eigenvalue weighted by Crippen LogP contribution is 2.27. The van der Waals surface area contributed by atoms with Crippen LogP contribution in [0.25, 0.3) is 22.4 Å². The van der Waals surface area contributed by atoms with E-state index >= 15 is 0 Å². The number of fused-ring (bicyclic) bond motifs is 1. The van der Waals surface area contributed by atoms with Crippen LogP contribution >= 0.6 is 11.3 Å².